The van der Waals surface area contributed by atoms with Crippen LogP contribution in [-0.2, 0) is 5.41 Å². The van der Waals surface area contributed by atoms with Gasteiger partial charge in [-0.3, -0.25) is 4.57 Å². The highest BCUT2D eigenvalue weighted by atomic mass is 15.1. The Morgan fingerprint density at radius 2 is 1.02 bits per heavy atom. The summed E-state index contributed by atoms with van der Waals surface area (Å²) in [5.74, 6) is 0.847. The second kappa shape index (κ2) is 9.87. The molecular weight excluding hydrogens is 607 g/mol. The zero-order chi connectivity index (χ0) is 33.1. The summed E-state index contributed by atoms with van der Waals surface area (Å²) in [5, 5.41) is 9.64. The predicted octanol–water partition coefficient (Wildman–Crippen LogP) is 12.2. The standard InChI is InChI=1S/C47H31N3/c1-47(2)37-26-14-12-24-35(37)39-31-20-8-9-21-32(31)40-36-25-13-15-27-38(36)50(45(40)41(39)47)46-42(28-16-4-3-5-17-28)48-43-33-22-10-6-18-29(33)30-19-7-11-23-34(30)44(43)49-46/h3-27H,1-2H3. The van der Waals surface area contributed by atoms with Crippen LogP contribution in [0.1, 0.15) is 25.0 Å². The lowest BCUT2D eigenvalue weighted by Crippen LogP contribution is -2.17. The molecular formula is C47H31N3. The lowest BCUT2D eigenvalue weighted by molar-refractivity contribution is 0.664. The molecule has 3 nitrogen and oxygen atoms in total. The van der Waals surface area contributed by atoms with E-state index in [1.54, 1.807) is 0 Å². The highest BCUT2D eigenvalue weighted by Crippen LogP contribution is 2.56. The first kappa shape index (κ1) is 27.6. The SMILES string of the molecule is CC1(C)c2ccccc2-c2c1c1c(c3ccccc23)c2ccccc2n1-c1nc2c3ccccc3c3ccccc3c2nc1-c1ccccc1. The van der Waals surface area contributed by atoms with Crippen molar-refractivity contribution in [2.75, 3.05) is 0 Å². The van der Waals surface area contributed by atoms with E-state index in [0.29, 0.717) is 0 Å². The molecule has 0 spiro atoms. The molecule has 2 aromatic heterocycles. The maximum absolute atomic E-state index is 5.78. The zero-order valence-electron chi connectivity index (χ0n) is 27.8. The average molecular weight is 638 g/mol. The summed E-state index contributed by atoms with van der Waals surface area (Å²) >= 11 is 0. The van der Waals surface area contributed by atoms with Crippen LogP contribution in [0.5, 0.6) is 0 Å². The van der Waals surface area contributed by atoms with Crippen LogP contribution in [0.3, 0.4) is 0 Å². The van der Waals surface area contributed by atoms with Crippen LogP contribution in [0.15, 0.2) is 152 Å². The molecule has 0 fully saturated rings. The highest BCUT2D eigenvalue weighted by Gasteiger charge is 2.40. The Morgan fingerprint density at radius 1 is 0.480 bits per heavy atom. The fourth-order valence-corrected chi connectivity index (χ4v) is 9.01. The van der Waals surface area contributed by atoms with E-state index in [1.165, 1.54) is 60.1 Å². The van der Waals surface area contributed by atoms with Crippen molar-refractivity contribution in [3.05, 3.63) is 163 Å². The summed E-state index contributed by atoms with van der Waals surface area (Å²) in [6.07, 6.45) is 0. The number of para-hydroxylation sites is 1. The van der Waals surface area contributed by atoms with Crippen LogP contribution >= 0.6 is 0 Å². The molecule has 0 bridgehead atoms. The van der Waals surface area contributed by atoms with E-state index in [1.807, 2.05) is 0 Å². The number of hydrogen-bond acceptors (Lipinski definition) is 2. The molecule has 8 aromatic carbocycles. The average Bonchev–Trinajstić information content (AvgIpc) is 3.64. The third-order valence-electron chi connectivity index (χ3n) is 11.1. The van der Waals surface area contributed by atoms with Crippen molar-refractivity contribution in [1.29, 1.82) is 0 Å². The van der Waals surface area contributed by atoms with Gasteiger partial charge in [-0.05, 0) is 49.9 Å². The lowest BCUT2D eigenvalue weighted by Gasteiger charge is -2.25. The maximum Gasteiger partial charge on any atom is 0.165 e. The van der Waals surface area contributed by atoms with E-state index in [0.717, 1.165) is 44.4 Å². The predicted molar refractivity (Wildman–Crippen MR) is 209 cm³/mol. The minimum atomic E-state index is -0.250. The quantitative estimate of drug-likeness (QED) is 0.177. The molecule has 0 atom stereocenters. The van der Waals surface area contributed by atoms with E-state index in [2.05, 4.69) is 170 Å². The van der Waals surface area contributed by atoms with E-state index in [4.69, 9.17) is 9.97 Å². The van der Waals surface area contributed by atoms with Crippen molar-refractivity contribution in [2.45, 2.75) is 19.3 Å². The van der Waals surface area contributed by atoms with E-state index in [9.17, 15) is 0 Å². The molecule has 1 aliphatic rings. The molecule has 234 valence electrons. The third kappa shape index (κ3) is 3.49. The summed E-state index contributed by atoms with van der Waals surface area (Å²) < 4.78 is 2.45. The maximum atomic E-state index is 5.78. The summed E-state index contributed by atoms with van der Waals surface area (Å²) in [6.45, 7) is 4.77. The number of aromatic nitrogens is 3. The topological polar surface area (TPSA) is 30.7 Å². The number of rotatable bonds is 2. The monoisotopic (exact) mass is 637 g/mol. The number of benzene rings is 8. The molecule has 0 saturated heterocycles. The van der Waals surface area contributed by atoms with Crippen LogP contribution in [-0.4, -0.2) is 14.5 Å². The van der Waals surface area contributed by atoms with Gasteiger partial charge in [0.2, 0.25) is 0 Å². The Bertz CT molecular complexity index is 3060. The Labute approximate surface area is 289 Å². The van der Waals surface area contributed by atoms with Gasteiger partial charge in [-0.15, -0.1) is 0 Å². The first-order valence-electron chi connectivity index (χ1n) is 17.4. The Kier molecular flexibility index (Phi) is 5.45. The first-order chi connectivity index (χ1) is 24.6. The Balaban J connectivity index is 1.42. The fourth-order valence-electron chi connectivity index (χ4n) is 9.01. The molecule has 0 radical (unpaired) electrons. The van der Waals surface area contributed by atoms with Crippen LogP contribution in [0.25, 0.3) is 93.4 Å². The molecule has 0 amide bonds. The summed E-state index contributed by atoms with van der Waals surface area (Å²) in [6, 6.07) is 54.6. The molecule has 11 rings (SSSR count). The van der Waals surface area contributed by atoms with Crippen molar-refractivity contribution in [1.82, 2.24) is 14.5 Å². The molecule has 1 aliphatic carbocycles. The molecule has 2 heterocycles. The van der Waals surface area contributed by atoms with Crippen molar-refractivity contribution < 1.29 is 0 Å². The second-order valence-electron chi connectivity index (χ2n) is 14.1. The molecule has 0 N–H and O–H groups in total. The van der Waals surface area contributed by atoms with Gasteiger partial charge in [0, 0.05) is 32.5 Å². The minimum absolute atomic E-state index is 0.250. The van der Waals surface area contributed by atoms with Gasteiger partial charge >= 0.3 is 0 Å². The van der Waals surface area contributed by atoms with E-state index < -0.39 is 0 Å². The normalized spacial score (nSPS) is 13.6. The Hall–Kier alpha value is -6.32. The summed E-state index contributed by atoms with van der Waals surface area (Å²) in [4.78, 5) is 11.4. The van der Waals surface area contributed by atoms with Crippen LogP contribution in [0.2, 0.25) is 0 Å². The van der Waals surface area contributed by atoms with Gasteiger partial charge in [-0.1, -0.05) is 159 Å². The summed E-state index contributed by atoms with van der Waals surface area (Å²) in [5.41, 5.74) is 11.2. The largest absolute Gasteiger partial charge is 0.292 e. The van der Waals surface area contributed by atoms with Gasteiger partial charge in [0.1, 0.15) is 5.69 Å². The number of fused-ring (bicyclic) bond motifs is 16. The van der Waals surface area contributed by atoms with Gasteiger partial charge < -0.3 is 0 Å². The second-order valence-corrected chi connectivity index (χ2v) is 14.1. The minimum Gasteiger partial charge on any atom is -0.292 e. The van der Waals surface area contributed by atoms with E-state index in [-0.39, 0.29) is 5.41 Å². The van der Waals surface area contributed by atoms with Crippen LogP contribution in [0.4, 0.5) is 0 Å². The lowest BCUT2D eigenvalue weighted by atomic mass is 9.80. The molecule has 0 saturated carbocycles. The highest BCUT2D eigenvalue weighted by molar-refractivity contribution is 6.27. The van der Waals surface area contributed by atoms with Gasteiger partial charge in [0.15, 0.2) is 5.82 Å². The van der Waals surface area contributed by atoms with Gasteiger partial charge in [0.05, 0.1) is 22.1 Å². The van der Waals surface area contributed by atoms with Gasteiger partial charge in [-0.25, -0.2) is 9.97 Å². The zero-order valence-corrected chi connectivity index (χ0v) is 27.8. The third-order valence-corrected chi connectivity index (χ3v) is 11.1. The van der Waals surface area contributed by atoms with Crippen LogP contribution < -0.4 is 0 Å². The van der Waals surface area contributed by atoms with Gasteiger partial charge in [-0.2, -0.15) is 0 Å². The molecule has 0 unspecified atom stereocenters. The molecule has 10 aromatic rings. The Morgan fingerprint density at radius 3 is 1.74 bits per heavy atom. The molecule has 0 aliphatic heterocycles. The number of nitrogens with zero attached hydrogens (tertiary/aromatic N) is 3. The van der Waals surface area contributed by atoms with E-state index >= 15 is 0 Å². The smallest absolute Gasteiger partial charge is 0.165 e. The fraction of sp³-hybridized carbons (Fsp3) is 0.0638. The first-order valence-corrected chi connectivity index (χ1v) is 17.4. The van der Waals surface area contributed by atoms with Gasteiger partial charge in [0.25, 0.3) is 0 Å². The molecule has 3 heteroatoms. The number of hydrogen-bond donors (Lipinski definition) is 0. The van der Waals surface area contributed by atoms with Crippen molar-refractivity contribution in [3.63, 3.8) is 0 Å². The van der Waals surface area contributed by atoms with Crippen molar-refractivity contribution >= 4 is 65.2 Å². The van der Waals surface area contributed by atoms with Crippen molar-refractivity contribution in [2.24, 2.45) is 0 Å². The van der Waals surface area contributed by atoms with Crippen molar-refractivity contribution in [3.8, 4) is 28.2 Å². The summed E-state index contributed by atoms with van der Waals surface area (Å²) in [7, 11) is 0. The van der Waals surface area contributed by atoms with Crippen LogP contribution in [0, 0.1) is 0 Å². The molecule has 50 heavy (non-hydrogen) atoms.